The molecule has 0 aliphatic carbocycles. The number of halogens is 2. The Morgan fingerprint density at radius 1 is 1.44 bits per heavy atom. The van der Waals surface area contributed by atoms with Gasteiger partial charge in [0.2, 0.25) is 0 Å². The molecule has 1 aliphatic rings. The molecule has 2 nitrogen and oxygen atoms in total. The van der Waals surface area contributed by atoms with Gasteiger partial charge in [-0.2, -0.15) is 11.8 Å². The molecule has 0 spiro atoms. The summed E-state index contributed by atoms with van der Waals surface area (Å²) in [5, 5.41) is 0. The Balaban J connectivity index is 2.08. The summed E-state index contributed by atoms with van der Waals surface area (Å²) in [7, 11) is 0. The van der Waals surface area contributed by atoms with E-state index in [4.69, 9.17) is 4.74 Å². The Hall–Kier alpha value is -0.320. The minimum atomic E-state index is -2.96. The molecule has 1 fully saturated rings. The molecule has 0 amide bonds. The van der Waals surface area contributed by atoms with Crippen molar-refractivity contribution in [3.8, 4) is 0 Å². The maximum absolute atomic E-state index is 12.5. The summed E-state index contributed by atoms with van der Waals surface area (Å²) >= 11 is 1.94. The van der Waals surface area contributed by atoms with Gasteiger partial charge in [-0.25, -0.2) is 8.78 Å². The summed E-state index contributed by atoms with van der Waals surface area (Å²) in [6.45, 7) is 1.01. The van der Waals surface area contributed by atoms with Crippen LogP contribution in [0, 0.1) is 5.92 Å². The van der Waals surface area contributed by atoms with E-state index in [2.05, 4.69) is 0 Å². The molecule has 0 aromatic rings. The van der Waals surface area contributed by atoms with Gasteiger partial charge in [0.1, 0.15) is 6.42 Å². The van der Waals surface area contributed by atoms with E-state index in [1.54, 1.807) is 0 Å². The molecule has 1 heterocycles. The van der Waals surface area contributed by atoms with Gasteiger partial charge in [-0.15, -0.1) is 0 Å². The maximum Gasteiger partial charge on any atom is 0.311 e. The van der Waals surface area contributed by atoms with Gasteiger partial charge in [0.15, 0.2) is 0 Å². The molecule has 0 aromatic carbocycles. The predicted molar refractivity (Wildman–Crippen MR) is 60.9 cm³/mol. The molecule has 0 aromatic heterocycles. The SMILES string of the molecule is CC(F)(F)CC(=O)OCCC1CCSCC1. The van der Waals surface area contributed by atoms with Crippen LogP contribution in [0.15, 0.2) is 0 Å². The van der Waals surface area contributed by atoms with Gasteiger partial charge in [0, 0.05) is 0 Å². The fourth-order valence-electron chi connectivity index (χ4n) is 1.68. The summed E-state index contributed by atoms with van der Waals surface area (Å²) in [5.41, 5.74) is 0. The van der Waals surface area contributed by atoms with Crippen molar-refractivity contribution in [1.29, 1.82) is 0 Å². The van der Waals surface area contributed by atoms with Crippen LogP contribution in [0.2, 0.25) is 0 Å². The van der Waals surface area contributed by atoms with Crippen LogP contribution in [0.25, 0.3) is 0 Å². The van der Waals surface area contributed by atoms with Crippen LogP contribution < -0.4 is 0 Å². The van der Waals surface area contributed by atoms with Crippen molar-refractivity contribution in [2.24, 2.45) is 5.92 Å². The van der Waals surface area contributed by atoms with E-state index in [-0.39, 0.29) is 6.61 Å². The van der Waals surface area contributed by atoms with Gasteiger partial charge < -0.3 is 4.74 Å². The van der Waals surface area contributed by atoms with Crippen molar-refractivity contribution in [2.75, 3.05) is 18.1 Å². The third-order valence-corrected chi connectivity index (χ3v) is 3.63. The lowest BCUT2D eigenvalue weighted by molar-refractivity contribution is -0.150. The molecule has 5 heteroatoms. The molecule has 0 radical (unpaired) electrons. The quantitative estimate of drug-likeness (QED) is 0.703. The molecule has 1 aliphatic heterocycles. The second-order valence-electron chi connectivity index (χ2n) is 4.31. The highest BCUT2D eigenvalue weighted by Gasteiger charge is 2.26. The monoisotopic (exact) mass is 252 g/mol. The topological polar surface area (TPSA) is 26.3 Å². The normalized spacial score (nSPS) is 18.4. The molecule has 0 atom stereocenters. The van der Waals surface area contributed by atoms with Crippen LogP contribution in [0.4, 0.5) is 8.78 Å². The zero-order valence-corrected chi connectivity index (χ0v) is 10.3. The van der Waals surface area contributed by atoms with Crippen molar-refractivity contribution < 1.29 is 18.3 Å². The molecule has 0 unspecified atom stereocenters. The molecule has 0 bridgehead atoms. The van der Waals surface area contributed by atoms with Crippen LogP contribution in [-0.2, 0) is 9.53 Å². The molecule has 0 N–H and O–H groups in total. The van der Waals surface area contributed by atoms with Crippen LogP contribution >= 0.6 is 11.8 Å². The number of esters is 1. The van der Waals surface area contributed by atoms with E-state index in [9.17, 15) is 13.6 Å². The van der Waals surface area contributed by atoms with Gasteiger partial charge in [-0.05, 0) is 43.6 Å². The third kappa shape index (κ3) is 6.30. The molecule has 94 valence electrons. The van der Waals surface area contributed by atoms with Crippen molar-refractivity contribution in [2.45, 2.75) is 38.5 Å². The minimum Gasteiger partial charge on any atom is -0.466 e. The standard InChI is InChI=1S/C11H18F2O2S/c1-11(12,13)8-10(14)15-5-2-9-3-6-16-7-4-9/h9H,2-8H2,1H3. The summed E-state index contributed by atoms with van der Waals surface area (Å²) < 4.78 is 29.7. The lowest BCUT2D eigenvalue weighted by Gasteiger charge is -2.21. The van der Waals surface area contributed by atoms with E-state index >= 15 is 0 Å². The van der Waals surface area contributed by atoms with E-state index in [0.717, 1.165) is 37.7 Å². The van der Waals surface area contributed by atoms with Gasteiger partial charge >= 0.3 is 5.97 Å². The highest BCUT2D eigenvalue weighted by molar-refractivity contribution is 7.99. The summed E-state index contributed by atoms with van der Waals surface area (Å²) in [5.74, 6) is -0.843. The van der Waals surface area contributed by atoms with E-state index < -0.39 is 18.3 Å². The molecule has 1 saturated heterocycles. The smallest absolute Gasteiger partial charge is 0.311 e. The number of ether oxygens (including phenoxy) is 1. The van der Waals surface area contributed by atoms with Gasteiger partial charge in [0.05, 0.1) is 6.61 Å². The summed E-state index contributed by atoms with van der Waals surface area (Å²) in [6.07, 6.45) is 2.29. The number of carbonyl (C=O) groups is 1. The lowest BCUT2D eigenvalue weighted by Crippen LogP contribution is -2.20. The average molecular weight is 252 g/mol. The van der Waals surface area contributed by atoms with Crippen molar-refractivity contribution in [3.63, 3.8) is 0 Å². The number of thioether (sulfide) groups is 1. The average Bonchev–Trinajstić information content (AvgIpc) is 2.16. The van der Waals surface area contributed by atoms with E-state index in [0.29, 0.717) is 5.92 Å². The zero-order valence-electron chi connectivity index (χ0n) is 9.51. The third-order valence-electron chi connectivity index (χ3n) is 2.58. The zero-order chi connectivity index (χ0) is 12.0. The molecular weight excluding hydrogens is 234 g/mol. The molecular formula is C11H18F2O2S. The van der Waals surface area contributed by atoms with Crippen molar-refractivity contribution in [1.82, 2.24) is 0 Å². The predicted octanol–water partition coefficient (Wildman–Crippen LogP) is 3.11. The highest BCUT2D eigenvalue weighted by atomic mass is 32.2. The van der Waals surface area contributed by atoms with E-state index in [1.165, 1.54) is 0 Å². The van der Waals surface area contributed by atoms with Crippen LogP contribution in [0.1, 0.15) is 32.6 Å². The first-order valence-corrected chi connectivity index (χ1v) is 6.74. The first-order valence-electron chi connectivity index (χ1n) is 5.58. The second-order valence-corrected chi connectivity index (χ2v) is 5.54. The van der Waals surface area contributed by atoms with Gasteiger partial charge in [-0.1, -0.05) is 0 Å². The van der Waals surface area contributed by atoms with Crippen LogP contribution in [0.3, 0.4) is 0 Å². The number of carbonyl (C=O) groups excluding carboxylic acids is 1. The van der Waals surface area contributed by atoms with Crippen molar-refractivity contribution in [3.05, 3.63) is 0 Å². The van der Waals surface area contributed by atoms with Crippen molar-refractivity contribution >= 4 is 17.7 Å². The maximum atomic E-state index is 12.5. The first kappa shape index (κ1) is 13.7. The van der Waals surface area contributed by atoms with Gasteiger partial charge in [0.25, 0.3) is 5.92 Å². The number of hydrogen-bond acceptors (Lipinski definition) is 3. The van der Waals surface area contributed by atoms with Crippen LogP contribution in [-0.4, -0.2) is 30.0 Å². The lowest BCUT2D eigenvalue weighted by atomic mass is 10.00. The Labute approximate surface area is 99.1 Å². The van der Waals surface area contributed by atoms with Gasteiger partial charge in [-0.3, -0.25) is 4.79 Å². The van der Waals surface area contributed by atoms with Crippen LogP contribution in [0.5, 0.6) is 0 Å². The number of alkyl halides is 2. The summed E-state index contributed by atoms with van der Waals surface area (Å²) in [4.78, 5) is 11.0. The number of hydrogen-bond donors (Lipinski definition) is 0. The Kier molecular flexibility index (Phi) is 5.52. The fourth-order valence-corrected chi connectivity index (χ4v) is 2.88. The molecule has 16 heavy (non-hydrogen) atoms. The Morgan fingerprint density at radius 3 is 2.62 bits per heavy atom. The largest absolute Gasteiger partial charge is 0.466 e. The fraction of sp³-hybridized carbons (Fsp3) is 0.909. The Morgan fingerprint density at radius 2 is 2.06 bits per heavy atom. The minimum absolute atomic E-state index is 0.282. The first-order chi connectivity index (χ1) is 7.47. The van der Waals surface area contributed by atoms with E-state index in [1.807, 2.05) is 11.8 Å². The highest BCUT2D eigenvalue weighted by Crippen LogP contribution is 2.25. The second kappa shape index (κ2) is 6.42. The molecule has 0 saturated carbocycles. The number of rotatable bonds is 5. The Bertz CT molecular complexity index is 223. The summed E-state index contributed by atoms with van der Waals surface area (Å²) in [6, 6.07) is 0. The molecule has 1 rings (SSSR count).